The van der Waals surface area contributed by atoms with E-state index in [1.165, 1.54) is 0 Å². The Hall–Kier alpha value is -1.11. The van der Waals surface area contributed by atoms with Gasteiger partial charge in [-0.3, -0.25) is 4.68 Å². The zero-order valence-electron chi connectivity index (χ0n) is 12.1. The molecule has 0 radical (unpaired) electrons. The summed E-state index contributed by atoms with van der Waals surface area (Å²) in [6.07, 6.45) is 0.877. The van der Waals surface area contributed by atoms with Crippen LogP contribution < -0.4 is 4.74 Å². The van der Waals surface area contributed by atoms with E-state index < -0.39 is 12.4 Å². The second kappa shape index (κ2) is 8.14. The number of aliphatic hydroxyl groups is 1. The summed E-state index contributed by atoms with van der Waals surface area (Å²) < 4.78 is 17.8. The lowest BCUT2D eigenvalue weighted by atomic mass is 10.2. The van der Waals surface area contributed by atoms with E-state index in [1.54, 1.807) is 18.0 Å². The van der Waals surface area contributed by atoms with E-state index >= 15 is 0 Å². The summed E-state index contributed by atoms with van der Waals surface area (Å²) in [6, 6.07) is 0. The molecule has 0 aromatic carbocycles. The van der Waals surface area contributed by atoms with Crippen molar-refractivity contribution in [2.45, 2.75) is 46.1 Å². The molecule has 0 saturated carbocycles. The maximum absolute atomic E-state index is 10.5. The molecule has 0 aliphatic heterocycles. The number of rotatable bonds is 9. The highest BCUT2D eigenvalue weighted by molar-refractivity contribution is 5.27. The van der Waals surface area contributed by atoms with Gasteiger partial charge >= 0.3 is 0 Å². The first-order valence-corrected chi connectivity index (χ1v) is 6.70. The summed E-state index contributed by atoms with van der Waals surface area (Å²) >= 11 is 0. The van der Waals surface area contributed by atoms with Crippen LogP contribution in [-0.2, 0) is 16.0 Å². The molecular formula is C13H24N2O4. The topological polar surface area (TPSA) is 65.7 Å². The Balaban J connectivity index is 2.99. The molecular weight excluding hydrogens is 248 g/mol. The predicted molar refractivity (Wildman–Crippen MR) is 71.1 cm³/mol. The van der Waals surface area contributed by atoms with Crippen LogP contribution in [-0.4, -0.2) is 41.5 Å². The van der Waals surface area contributed by atoms with Crippen LogP contribution in [0.4, 0.5) is 0 Å². The summed E-state index contributed by atoms with van der Waals surface area (Å²) in [6.45, 7) is 7.41. The summed E-state index contributed by atoms with van der Waals surface area (Å²) in [4.78, 5) is 0. The molecule has 6 heteroatoms. The fourth-order valence-electron chi connectivity index (χ4n) is 1.91. The van der Waals surface area contributed by atoms with Crippen molar-refractivity contribution in [2.75, 3.05) is 20.3 Å². The van der Waals surface area contributed by atoms with Crippen LogP contribution in [0.15, 0.2) is 6.20 Å². The molecule has 1 aromatic rings. The van der Waals surface area contributed by atoms with Gasteiger partial charge < -0.3 is 19.3 Å². The highest BCUT2D eigenvalue weighted by Crippen LogP contribution is 2.29. The lowest BCUT2D eigenvalue weighted by Gasteiger charge is -2.23. The fraction of sp³-hybridized carbons (Fsp3) is 0.769. The number of aromatic nitrogens is 2. The second-order valence-corrected chi connectivity index (χ2v) is 4.05. The van der Waals surface area contributed by atoms with Gasteiger partial charge in [0, 0.05) is 19.8 Å². The number of methoxy groups -OCH3 is 1. The molecule has 6 nitrogen and oxygen atoms in total. The minimum Gasteiger partial charge on any atom is -0.493 e. The normalized spacial score (nSPS) is 12.9. The van der Waals surface area contributed by atoms with Gasteiger partial charge in [-0.25, -0.2) is 0 Å². The number of nitrogens with zero attached hydrogens (tertiary/aromatic N) is 2. The standard InChI is InChI=1S/C13H24N2O4/c1-5-8-15-11(10(17-4)9-14-15)12(16)13(18-6-2)19-7-3/h9,12-13,16H,5-8H2,1-4H3. The van der Waals surface area contributed by atoms with Crippen LogP contribution in [0.3, 0.4) is 0 Å². The molecule has 1 atom stereocenters. The Morgan fingerprint density at radius 1 is 1.26 bits per heavy atom. The van der Waals surface area contributed by atoms with Crippen LogP contribution in [0, 0.1) is 0 Å². The van der Waals surface area contributed by atoms with Crippen molar-refractivity contribution in [1.29, 1.82) is 0 Å². The number of aryl methyl sites for hydroxylation is 1. The van der Waals surface area contributed by atoms with Crippen molar-refractivity contribution in [3.63, 3.8) is 0 Å². The maximum Gasteiger partial charge on any atom is 0.189 e. The summed E-state index contributed by atoms with van der Waals surface area (Å²) in [5, 5.41) is 14.7. The van der Waals surface area contributed by atoms with Gasteiger partial charge in [-0.1, -0.05) is 6.92 Å². The fourth-order valence-corrected chi connectivity index (χ4v) is 1.91. The van der Waals surface area contributed by atoms with Gasteiger partial charge in [-0.05, 0) is 20.3 Å². The Bertz CT molecular complexity index is 362. The van der Waals surface area contributed by atoms with Crippen LogP contribution in [0.5, 0.6) is 5.75 Å². The van der Waals surface area contributed by atoms with E-state index in [4.69, 9.17) is 14.2 Å². The van der Waals surface area contributed by atoms with Crippen molar-refractivity contribution in [2.24, 2.45) is 0 Å². The predicted octanol–water partition coefficient (Wildman–Crippen LogP) is 1.73. The van der Waals surface area contributed by atoms with Gasteiger partial charge in [0.05, 0.1) is 13.3 Å². The van der Waals surface area contributed by atoms with E-state index in [9.17, 15) is 5.11 Å². The van der Waals surface area contributed by atoms with Gasteiger partial charge in [0.15, 0.2) is 18.1 Å². The number of hydrogen-bond donors (Lipinski definition) is 1. The molecule has 1 N–H and O–H groups in total. The molecule has 0 bridgehead atoms. The molecule has 1 rings (SSSR count). The Kier molecular flexibility index (Phi) is 6.83. The first kappa shape index (κ1) is 15.9. The Labute approximate surface area is 114 Å². The average molecular weight is 272 g/mol. The molecule has 1 heterocycles. The Morgan fingerprint density at radius 3 is 2.37 bits per heavy atom. The SMILES string of the molecule is CCCn1ncc(OC)c1C(O)C(OCC)OCC. The van der Waals surface area contributed by atoms with Crippen LogP contribution in [0.25, 0.3) is 0 Å². The molecule has 0 fully saturated rings. The zero-order valence-corrected chi connectivity index (χ0v) is 12.1. The third-order valence-electron chi connectivity index (χ3n) is 2.70. The molecule has 1 aromatic heterocycles. The van der Waals surface area contributed by atoms with Crippen molar-refractivity contribution in [3.8, 4) is 5.75 Å². The van der Waals surface area contributed by atoms with Gasteiger partial charge in [-0.2, -0.15) is 5.10 Å². The third-order valence-corrected chi connectivity index (χ3v) is 2.70. The smallest absolute Gasteiger partial charge is 0.189 e. The van der Waals surface area contributed by atoms with Gasteiger partial charge in [-0.15, -0.1) is 0 Å². The van der Waals surface area contributed by atoms with E-state index in [0.717, 1.165) is 6.42 Å². The van der Waals surface area contributed by atoms with Crippen LogP contribution in [0.2, 0.25) is 0 Å². The van der Waals surface area contributed by atoms with Gasteiger partial charge in [0.25, 0.3) is 0 Å². The highest BCUT2D eigenvalue weighted by atomic mass is 16.7. The minimum absolute atomic E-state index is 0.464. The molecule has 110 valence electrons. The van der Waals surface area contributed by atoms with Gasteiger partial charge in [0.1, 0.15) is 5.69 Å². The van der Waals surface area contributed by atoms with Crippen molar-refractivity contribution in [3.05, 3.63) is 11.9 Å². The summed E-state index contributed by atoms with van der Waals surface area (Å²) in [5.74, 6) is 0.547. The molecule has 19 heavy (non-hydrogen) atoms. The monoisotopic (exact) mass is 272 g/mol. The molecule has 0 saturated heterocycles. The second-order valence-electron chi connectivity index (χ2n) is 4.05. The number of ether oxygens (including phenoxy) is 3. The largest absolute Gasteiger partial charge is 0.493 e. The number of hydrogen-bond acceptors (Lipinski definition) is 5. The quantitative estimate of drug-likeness (QED) is 0.694. The van der Waals surface area contributed by atoms with Gasteiger partial charge in [0.2, 0.25) is 0 Å². The minimum atomic E-state index is -0.927. The molecule has 0 amide bonds. The molecule has 1 unspecified atom stereocenters. The van der Waals surface area contributed by atoms with Crippen LogP contribution in [0.1, 0.15) is 39.0 Å². The molecule has 0 aliphatic rings. The average Bonchev–Trinajstić information content (AvgIpc) is 2.81. The van der Waals surface area contributed by atoms with E-state index in [-0.39, 0.29) is 0 Å². The lowest BCUT2D eigenvalue weighted by molar-refractivity contribution is -0.193. The van der Waals surface area contributed by atoms with E-state index in [1.807, 2.05) is 20.8 Å². The number of aliphatic hydroxyl groups excluding tert-OH is 1. The first-order chi connectivity index (χ1) is 9.19. The molecule has 0 spiro atoms. The Morgan fingerprint density at radius 2 is 1.89 bits per heavy atom. The third kappa shape index (κ3) is 3.92. The van der Waals surface area contributed by atoms with Crippen molar-refractivity contribution in [1.82, 2.24) is 9.78 Å². The lowest BCUT2D eigenvalue weighted by Crippen LogP contribution is -2.28. The molecule has 0 aliphatic carbocycles. The van der Waals surface area contributed by atoms with E-state index in [2.05, 4.69) is 5.10 Å². The maximum atomic E-state index is 10.5. The first-order valence-electron chi connectivity index (χ1n) is 6.70. The highest BCUT2D eigenvalue weighted by Gasteiger charge is 2.28. The summed E-state index contributed by atoms with van der Waals surface area (Å²) in [7, 11) is 1.56. The van der Waals surface area contributed by atoms with Crippen molar-refractivity contribution >= 4 is 0 Å². The van der Waals surface area contributed by atoms with Crippen LogP contribution >= 0.6 is 0 Å². The summed E-state index contributed by atoms with van der Waals surface area (Å²) in [5.41, 5.74) is 0.594. The van der Waals surface area contributed by atoms with E-state index in [0.29, 0.717) is 31.2 Å². The van der Waals surface area contributed by atoms with Crippen molar-refractivity contribution < 1.29 is 19.3 Å². The zero-order chi connectivity index (χ0) is 14.3.